The maximum atomic E-state index is 12.9. The first kappa shape index (κ1) is 20.0. The molecule has 3 rings (SSSR count). The van der Waals surface area contributed by atoms with Gasteiger partial charge in [-0.25, -0.2) is 13.1 Å². The van der Waals surface area contributed by atoms with Crippen molar-refractivity contribution in [1.29, 1.82) is 0 Å². The molecule has 6 nitrogen and oxygen atoms in total. The van der Waals surface area contributed by atoms with Crippen molar-refractivity contribution in [3.8, 4) is 0 Å². The van der Waals surface area contributed by atoms with Gasteiger partial charge in [-0.2, -0.15) is 0 Å². The summed E-state index contributed by atoms with van der Waals surface area (Å²) >= 11 is 1.73. The normalized spacial score (nSPS) is 18.2. The fourth-order valence-electron chi connectivity index (χ4n) is 3.35. The maximum Gasteiger partial charge on any atom is 0.254 e. The predicted octanol–water partition coefficient (Wildman–Crippen LogP) is 2.82. The number of nitrogens with one attached hydrogen (secondary N) is 1. The van der Waals surface area contributed by atoms with Crippen LogP contribution in [0.15, 0.2) is 40.6 Å². The predicted molar refractivity (Wildman–Crippen MR) is 106 cm³/mol. The van der Waals surface area contributed by atoms with E-state index in [9.17, 15) is 13.2 Å². The lowest BCUT2D eigenvalue weighted by atomic mass is 10.0. The summed E-state index contributed by atoms with van der Waals surface area (Å²) in [5.41, 5.74) is 1.69. The van der Waals surface area contributed by atoms with Gasteiger partial charge in [0.2, 0.25) is 10.0 Å². The molecule has 1 amide bonds. The summed E-state index contributed by atoms with van der Waals surface area (Å²) in [6.07, 6.45) is 0.858. The number of ether oxygens (including phenoxy) is 1. The van der Waals surface area contributed by atoms with Crippen LogP contribution in [0.25, 0.3) is 0 Å². The minimum absolute atomic E-state index is 0.0208. The third-order valence-corrected chi connectivity index (χ3v) is 7.32. The summed E-state index contributed by atoms with van der Waals surface area (Å²) in [5.74, 6) is -0.0796. The fourth-order valence-corrected chi connectivity index (χ4v) is 5.54. The van der Waals surface area contributed by atoms with Crippen LogP contribution in [0.4, 0.5) is 0 Å². The monoisotopic (exact) mass is 408 g/mol. The number of benzene rings is 1. The van der Waals surface area contributed by atoms with E-state index in [0.29, 0.717) is 12.1 Å². The average Bonchev–Trinajstić information content (AvgIpc) is 3.11. The molecule has 8 heteroatoms. The van der Waals surface area contributed by atoms with Crippen molar-refractivity contribution in [2.75, 3.05) is 20.3 Å². The maximum absolute atomic E-state index is 12.9. The molecule has 0 bridgehead atoms. The van der Waals surface area contributed by atoms with Gasteiger partial charge in [0, 0.05) is 30.1 Å². The Labute approximate surface area is 164 Å². The van der Waals surface area contributed by atoms with E-state index in [0.717, 1.165) is 6.42 Å². The Balaban J connectivity index is 1.75. The Morgan fingerprint density at radius 2 is 2.04 bits per heavy atom. The van der Waals surface area contributed by atoms with Crippen molar-refractivity contribution < 1.29 is 17.9 Å². The van der Waals surface area contributed by atoms with Crippen LogP contribution < -0.4 is 4.72 Å². The van der Waals surface area contributed by atoms with E-state index in [2.05, 4.69) is 16.2 Å². The van der Waals surface area contributed by atoms with Crippen molar-refractivity contribution in [3.05, 3.63) is 51.7 Å². The van der Waals surface area contributed by atoms with E-state index in [4.69, 9.17) is 4.74 Å². The average molecular weight is 409 g/mol. The SMILES string of the molecule is COC[C@H](C)NS(=O)(=O)c1ccc(C(=O)N2CCc3sccc3[C@H]2C)cc1. The van der Waals surface area contributed by atoms with E-state index in [-0.39, 0.29) is 29.5 Å². The molecule has 2 atom stereocenters. The molecule has 0 radical (unpaired) electrons. The highest BCUT2D eigenvalue weighted by Crippen LogP contribution is 2.33. The molecule has 0 fully saturated rings. The van der Waals surface area contributed by atoms with Crippen LogP contribution in [-0.2, 0) is 21.2 Å². The molecule has 0 spiro atoms. The molecular formula is C19H24N2O4S2. The summed E-state index contributed by atoms with van der Waals surface area (Å²) in [4.78, 5) is 16.2. The van der Waals surface area contributed by atoms with Crippen molar-refractivity contribution in [2.45, 2.75) is 37.2 Å². The fraction of sp³-hybridized carbons (Fsp3) is 0.421. The second-order valence-corrected chi connectivity index (χ2v) is 9.44. The smallest absolute Gasteiger partial charge is 0.254 e. The number of hydrogen-bond acceptors (Lipinski definition) is 5. The van der Waals surface area contributed by atoms with Crippen molar-refractivity contribution >= 4 is 27.3 Å². The summed E-state index contributed by atoms with van der Waals surface area (Å²) in [6, 6.07) is 7.86. The molecule has 1 aromatic carbocycles. The highest BCUT2D eigenvalue weighted by atomic mass is 32.2. The molecule has 0 saturated carbocycles. The Morgan fingerprint density at radius 3 is 2.70 bits per heavy atom. The van der Waals surface area contributed by atoms with Gasteiger partial charge in [-0.05, 0) is 61.5 Å². The third-order valence-electron chi connectivity index (χ3n) is 4.72. The Morgan fingerprint density at radius 1 is 1.33 bits per heavy atom. The van der Waals surface area contributed by atoms with E-state index in [1.54, 1.807) is 30.4 Å². The van der Waals surface area contributed by atoms with Crippen LogP contribution in [-0.4, -0.2) is 45.5 Å². The molecule has 0 aliphatic carbocycles. The Kier molecular flexibility index (Phi) is 6.00. The molecule has 1 aromatic heterocycles. The van der Waals surface area contributed by atoms with Crippen molar-refractivity contribution in [3.63, 3.8) is 0 Å². The van der Waals surface area contributed by atoms with E-state index >= 15 is 0 Å². The number of hydrogen-bond donors (Lipinski definition) is 1. The molecule has 0 unspecified atom stereocenters. The van der Waals surface area contributed by atoms with Crippen LogP contribution in [0.2, 0.25) is 0 Å². The summed E-state index contributed by atoms with van der Waals surface area (Å²) < 4.78 is 32.3. The lowest BCUT2D eigenvalue weighted by Gasteiger charge is -2.33. The van der Waals surface area contributed by atoms with Gasteiger partial charge in [-0.1, -0.05) is 0 Å². The van der Waals surface area contributed by atoms with E-state index in [1.807, 2.05) is 11.8 Å². The Hall–Kier alpha value is -1.74. The molecule has 2 aromatic rings. The molecule has 2 heterocycles. The zero-order valence-electron chi connectivity index (χ0n) is 15.6. The van der Waals surface area contributed by atoms with Gasteiger partial charge in [-0.15, -0.1) is 11.3 Å². The first-order valence-electron chi connectivity index (χ1n) is 8.82. The van der Waals surface area contributed by atoms with E-state index < -0.39 is 10.0 Å². The van der Waals surface area contributed by atoms with Gasteiger partial charge in [0.05, 0.1) is 17.5 Å². The zero-order valence-corrected chi connectivity index (χ0v) is 17.3. The number of amides is 1. The van der Waals surface area contributed by atoms with Gasteiger partial charge in [0.25, 0.3) is 5.91 Å². The highest BCUT2D eigenvalue weighted by Gasteiger charge is 2.29. The van der Waals surface area contributed by atoms with Crippen molar-refractivity contribution in [1.82, 2.24) is 9.62 Å². The number of carbonyl (C=O) groups excluding carboxylic acids is 1. The van der Waals surface area contributed by atoms with Gasteiger partial charge in [-0.3, -0.25) is 4.79 Å². The summed E-state index contributed by atoms with van der Waals surface area (Å²) in [6.45, 7) is 4.72. The second-order valence-electron chi connectivity index (χ2n) is 6.73. The minimum atomic E-state index is -3.65. The number of carbonyl (C=O) groups is 1. The quantitative estimate of drug-likeness (QED) is 0.797. The molecule has 0 saturated heterocycles. The number of nitrogens with zero attached hydrogens (tertiary/aromatic N) is 1. The van der Waals surface area contributed by atoms with Crippen LogP contribution >= 0.6 is 11.3 Å². The molecule has 1 aliphatic heterocycles. The van der Waals surface area contributed by atoms with Gasteiger partial charge in [0.1, 0.15) is 0 Å². The van der Waals surface area contributed by atoms with Crippen LogP contribution in [0.1, 0.15) is 40.7 Å². The zero-order chi connectivity index (χ0) is 19.6. The topological polar surface area (TPSA) is 75.7 Å². The number of sulfonamides is 1. The van der Waals surface area contributed by atoms with Gasteiger partial charge < -0.3 is 9.64 Å². The largest absolute Gasteiger partial charge is 0.383 e. The molecular weight excluding hydrogens is 384 g/mol. The first-order valence-corrected chi connectivity index (χ1v) is 11.2. The van der Waals surface area contributed by atoms with Crippen molar-refractivity contribution in [2.24, 2.45) is 0 Å². The van der Waals surface area contributed by atoms with Crippen LogP contribution in [0.3, 0.4) is 0 Å². The second kappa shape index (κ2) is 8.10. The number of methoxy groups -OCH3 is 1. The lowest BCUT2D eigenvalue weighted by Crippen LogP contribution is -2.38. The van der Waals surface area contributed by atoms with Crippen LogP contribution in [0, 0.1) is 0 Å². The Bertz CT molecular complexity index is 906. The third kappa shape index (κ3) is 4.24. The number of fused-ring (bicyclic) bond motifs is 1. The standard InChI is InChI=1S/C19H24N2O4S2/c1-13(12-25-3)20-27(23,24)16-6-4-15(5-7-16)19(22)21-10-8-18-17(14(21)2)9-11-26-18/h4-7,9,11,13-14,20H,8,10,12H2,1-3H3/t13-,14+/m0/s1. The van der Waals surface area contributed by atoms with Gasteiger partial charge in [0.15, 0.2) is 0 Å². The molecule has 1 aliphatic rings. The lowest BCUT2D eigenvalue weighted by molar-refractivity contribution is 0.0679. The minimum Gasteiger partial charge on any atom is -0.383 e. The van der Waals surface area contributed by atoms with E-state index in [1.165, 1.54) is 29.7 Å². The molecule has 1 N–H and O–H groups in total. The van der Waals surface area contributed by atoms with Gasteiger partial charge >= 0.3 is 0 Å². The van der Waals surface area contributed by atoms with Crippen LogP contribution in [0.5, 0.6) is 0 Å². The molecule has 27 heavy (non-hydrogen) atoms. The number of rotatable bonds is 6. The molecule has 146 valence electrons. The number of thiophene rings is 1. The summed E-state index contributed by atoms with van der Waals surface area (Å²) in [7, 11) is -2.13. The first-order chi connectivity index (χ1) is 12.8. The highest BCUT2D eigenvalue weighted by molar-refractivity contribution is 7.89. The summed E-state index contributed by atoms with van der Waals surface area (Å²) in [5, 5.41) is 2.06.